The maximum atomic E-state index is 12.5. The third kappa shape index (κ3) is 3.25. The Hall–Kier alpha value is -2.12. The summed E-state index contributed by atoms with van der Waals surface area (Å²) < 4.78 is 31.0. The van der Waals surface area contributed by atoms with Gasteiger partial charge in [-0.25, -0.2) is 8.42 Å². The van der Waals surface area contributed by atoms with E-state index < -0.39 is 22.5 Å². The molecule has 6 nitrogen and oxygen atoms in total. The smallest absolute Gasteiger partial charge is 0.243 e. The molecule has 0 atom stereocenters. The molecule has 20 heavy (non-hydrogen) atoms. The van der Waals surface area contributed by atoms with Crippen LogP contribution in [-0.2, 0) is 21.4 Å². The average Bonchev–Trinajstić information content (AvgIpc) is 2.91. The fraction of sp³-hybridized carbons (Fsp3) is 0.154. The van der Waals surface area contributed by atoms with E-state index in [2.05, 4.69) is 0 Å². The van der Waals surface area contributed by atoms with Gasteiger partial charge >= 0.3 is 0 Å². The zero-order chi connectivity index (χ0) is 14.6. The summed E-state index contributed by atoms with van der Waals surface area (Å²) in [6, 6.07) is 11.1. The number of nitrogens with zero attached hydrogens (tertiary/aromatic N) is 1. The third-order valence-electron chi connectivity index (χ3n) is 2.63. The number of hydrogen-bond acceptors (Lipinski definition) is 4. The number of hydrogen-bond donors (Lipinski definition) is 1. The second kappa shape index (κ2) is 5.89. The first-order chi connectivity index (χ1) is 9.50. The topological polar surface area (TPSA) is 93.6 Å². The molecule has 1 amide bonds. The Morgan fingerprint density at radius 2 is 1.85 bits per heavy atom. The maximum absolute atomic E-state index is 12.5. The van der Waals surface area contributed by atoms with Crippen LogP contribution in [0.2, 0.25) is 0 Å². The van der Waals surface area contributed by atoms with Gasteiger partial charge < -0.3 is 10.2 Å². The minimum absolute atomic E-state index is 0.0484. The normalized spacial score (nSPS) is 11.7. The molecule has 0 aliphatic rings. The van der Waals surface area contributed by atoms with E-state index in [-0.39, 0.29) is 11.4 Å². The lowest BCUT2D eigenvalue weighted by molar-refractivity contribution is -0.118. The third-order valence-corrected chi connectivity index (χ3v) is 4.43. The lowest BCUT2D eigenvalue weighted by atomic mass is 10.4. The minimum atomic E-state index is -3.80. The summed E-state index contributed by atoms with van der Waals surface area (Å²) in [5.41, 5.74) is 5.12. The van der Waals surface area contributed by atoms with E-state index in [1.54, 1.807) is 30.3 Å². The van der Waals surface area contributed by atoms with Crippen LogP contribution >= 0.6 is 0 Å². The van der Waals surface area contributed by atoms with Crippen molar-refractivity contribution in [2.75, 3.05) is 6.54 Å². The quantitative estimate of drug-likeness (QED) is 0.858. The van der Waals surface area contributed by atoms with Crippen molar-refractivity contribution in [3.05, 3.63) is 54.5 Å². The molecule has 2 rings (SSSR count). The summed E-state index contributed by atoms with van der Waals surface area (Å²) in [6.07, 6.45) is 1.44. The predicted molar refractivity (Wildman–Crippen MR) is 71.9 cm³/mol. The van der Waals surface area contributed by atoms with Crippen molar-refractivity contribution in [1.29, 1.82) is 0 Å². The van der Waals surface area contributed by atoms with Crippen LogP contribution in [0.25, 0.3) is 0 Å². The molecule has 7 heteroatoms. The van der Waals surface area contributed by atoms with Gasteiger partial charge in [0, 0.05) is 0 Å². The summed E-state index contributed by atoms with van der Waals surface area (Å²) in [6.45, 7) is -0.453. The minimum Gasteiger partial charge on any atom is -0.468 e. The molecule has 0 radical (unpaired) electrons. The van der Waals surface area contributed by atoms with Gasteiger partial charge in [-0.1, -0.05) is 18.2 Å². The van der Waals surface area contributed by atoms with E-state index >= 15 is 0 Å². The van der Waals surface area contributed by atoms with Crippen LogP contribution in [-0.4, -0.2) is 25.2 Å². The number of sulfonamides is 1. The monoisotopic (exact) mass is 294 g/mol. The Balaban J connectivity index is 2.33. The highest BCUT2D eigenvalue weighted by Gasteiger charge is 2.26. The molecule has 1 aromatic carbocycles. The molecule has 0 unspecified atom stereocenters. The van der Waals surface area contributed by atoms with Gasteiger partial charge in [0.05, 0.1) is 24.2 Å². The van der Waals surface area contributed by atoms with E-state index in [1.807, 2.05) is 0 Å². The molecule has 0 aliphatic carbocycles. The molecular formula is C13H14N2O4S. The second-order valence-electron chi connectivity index (χ2n) is 4.13. The standard InChI is InChI=1S/C13H14N2O4S/c14-13(16)10-15(9-11-5-4-8-19-11)20(17,18)12-6-2-1-3-7-12/h1-8H,9-10H2,(H2,14,16). The Kier molecular flexibility index (Phi) is 4.21. The van der Waals surface area contributed by atoms with Gasteiger partial charge in [-0.2, -0.15) is 4.31 Å². The molecule has 1 heterocycles. The average molecular weight is 294 g/mol. The number of benzene rings is 1. The molecular weight excluding hydrogens is 280 g/mol. The Morgan fingerprint density at radius 3 is 2.40 bits per heavy atom. The maximum Gasteiger partial charge on any atom is 0.243 e. The number of carbonyl (C=O) groups excluding carboxylic acids is 1. The predicted octanol–water partition coefficient (Wildman–Crippen LogP) is 0.956. The van der Waals surface area contributed by atoms with Gasteiger partial charge in [-0.3, -0.25) is 4.79 Å². The highest BCUT2D eigenvalue weighted by molar-refractivity contribution is 7.89. The molecule has 2 N–H and O–H groups in total. The summed E-state index contributed by atoms with van der Waals surface area (Å²) >= 11 is 0. The van der Waals surface area contributed by atoms with E-state index in [0.717, 1.165) is 4.31 Å². The van der Waals surface area contributed by atoms with Gasteiger partial charge in [0.15, 0.2) is 0 Å². The van der Waals surface area contributed by atoms with Crippen LogP contribution in [0.1, 0.15) is 5.76 Å². The number of amides is 1. The van der Waals surface area contributed by atoms with E-state index in [0.29, 0.717) is 5.76 Å². The molecule has 0 aliphatic heterocycles. The number of furan rings is 1. The SMILES string of the molecule is NC(=O)CN(Cc1ccco1)S(=O)(=O)c1ccccc1. The van der Waals surface area contributed by atoms with Crippen LogP contribution in [0, 0.1) is 0 Å². The summed E-state index contributed by atoms with van der Waals surface area (Å²) in [5, 5.41) is 0. The first kappa shape index (κ1) is 14.3. The van der Waals surface area contributed by atoms with Crippen molar-refractivity contribution in [2.45, 2.75) is 11.4 Å². The molecule has 0 fully saturated rings. The van der Waals surface area contributed by atoms with E-state index in [1.165, 1.54) is 18.4 Å². The van der Waals surface area contributed by atoms with Crippen molar-refractivity contribution in [3.8, 4) is 0 Å². The molecule has 1 aromatic heterocycles. The van der Waals surface area contributed by atoms with E-state index in [4.69, 9.17) is 10.2 Å². The molecule has 2 aromatic rings. The zero-order valence-corrected chi connectivity index (χ0v) is 11.4. The van der Waals surface area contributed by atoms with Gasteiger partial charge in [0.1, 0.15) is 5.76 Å². The largest absolute Gasteiger partial charge is 0.468 e. The number of nitrogens with two attached hydrogens (primary N) is 1. The summed E-state index contributed by atoms with van der Waals surface area (Å²) in [5.74, 6) is -0.290. The first-order valence-corrected chi connectivity index (χ1v) is 7.30. The molecule has 0 saturated heterocycles. The first-order valence-electron chi connectivity index (χ1n) is 5.86. The highest BCUT2D eigenvalue weighted by Crippen LogP contribution is 2.18. The number of primary amides is 1. The number of carbonyl (C=O) groups is 1. The fourth-order valence-corrected chi connectivity index (χ4v) is 3.11. The van der Waals surface area contributed by atoms with Crippen LogP contribution in [0.3, 0.4) is 0 Å². The lowest BCUT2D eigenvalue weighted by Gasteiger charge is -2.19. The lowest BCUT2D eigenvalue weighted by Crippen LogP contribution is -2.37. The van der Waals surface area contributed by atoms with E-state index in [9.17, 15) is 13.2 Å². The van der Waals surface area contributed by atoms with Crippen LogP contribution in [0.5, 0.6) is 0 Å². The Labute approximate surface area is 116 Å². The fourth-order valence-electron chi connectivity index (χ4n) is 1.72. The van der Waals surface area contributed by atoms with Crippen molar-refractivity contribution < 1.29 is 17.6 Å². The van der Waals surface area contributed by atoms with Gasteiger partial charge in [0.2, 0.25) is 15.9 Å². The molecule has 106 valence electrons. The molecule has 0 saturated carbocycles. The molecule has 0 bridgehead atoms. The molecule has 0 spiro atoms. The van der Waals surface area contributed by atoms with Crippen LogP contribution < -0.4 is 5.73 Å². The summed E-state index contributed by atoms with van der Waals surface area (Å²) in [7, 11) is -3.80. The number of rotatable bonds is 6. The van der Waals surface area contributed by atoms with Crippen molar-refractivity contribution in [2.24, 2.45) is 5.73 Å². The van der Waals surface area contributed by atoms with Crippen molar-refractivity contribution >= 4 is 15.9 Å². The van der Waals surface area contributed by atoms with Gasteiger partial charge in [0.25, 0.3) is 0 Å². The van der Waals surface area contributed by atoms with Crippen molar-refractivity contribution in [1.82, 2.24) is 4.31 Å². The van der Waals surface area contributed by atoms with Crippen LogP contribution in [0.4, 0.5) is 0 Å². The van der Waals surface area contributed by atoms with Gasteiger partial charge in [-0.15, -0.1) is 0 Å². The Morgan fingerprint density at radius 1 is 1.15 bits per heavy atom. The van der Waals surface area contributed by atoms with Gasteiger partial charge in [-0.05, 0) is 24.3 Å². The zero-order valence-electron chi connectivity index (χ0n) is 10.6. The summed E-state index contributed by atoms with van der Waals surface area (Å²) in [4.78, 5) is 11.2. The van der Waals surface area contributed by atoms with Crippen molar-refractivity contribution in [3.63, 3.8) is 0 Å². The highest BCUT2D eigenvalue weighted by atomic mass is 32.2. The van der Waals surface area contributed by atoms with Crippen LogP contribution in [0.15, 0.2) is 58.0 Å². The Bertz CT molecular complexity index is 666. The second-order valence-corrected chi connectivity index (χ2v) is 6.07.